The Bertz CT molecular complexity index is 376. The lowest BCUT2D eigenvalue weighted by atomic mass is 10.0. The molecule has 1 unspecified atom stereocenters. The number of Topliss-reactive ketones (excluding diaryl/α,β-unsaturated/α-hetero) is 1. The van der Waals surface area contributed by atoms with Gasteiger partial charge >= 0.3 is 5.97 Å². The fourth-order valence-corrected chi connectivity index (χ4v) is 1.07. The molecule has 1 heterocycles. The number of carboxylic acids is 1. The Labute approximate surface area is 80.6 Å². The third-order valence-corrected chi connectivity index (χ3v) is 1.81. The van der Waals surface area contributed by atoms with Crippen LogP contribution in [0.3, 0.4) is 0 Å². The van der Waals surface area contributed by atoms with Gasteiger partial charge in [0.15, 0.2) is 11.5 Å². The molecule has 0 aliphatic heterocycles. The minimum Gasteiger partial charge on any atom is -0.477 e. The molecule has 0 fully saturated rings. The van der Waals surface area contributed by atoms with Gasteiger partial charge in [0.05, 0.1) is 6.04 Å². The van der Waals surface area contributed by atoms with Gasteiger partial charge in [-0.1, -0.05) is 6.07 Å². The SMILES string of the molecule is CC(=O)C(N)c1cccnc1C(=O)O. The monoisotopic (exact) mass is 194 g/mol. The van der Waals surface area contributed by atoms with Gasteiger partial charge in [-0.2, -0.15) is 0 Å². The summed E-state index contributed by atoms with van der Waals surface area (Å²) in [5.74, 6) is -1.47. The lowest BCUT2D eigenvalue weighted by Gasteiger charge is -2.09. The molecule has 0 saturated heterocycles. The summed E-state index contributed by atoms with van der Waals surface area (Å²) in [6, 6.07) is 2.11. The standard InChI is InChI=1S/C9H10N2O3/c1-5(12)7(10)6-3-2-4-11-8(6)9(13)14/h2-4,7H,10H2,1H3,(H,13,14). The van der Waals surface area contributed by atoms with Crippen LogP contribution in [0.25, 0.3) is 0 Å². The van der Waals surface area contributed by atoms with Gasteiger partial charge in [-0.05, 0) is 13.0 Å². The average Bonchev–Trinajstić information content (AvgIpc) is 2.16. The molecule has 0 bridgehead atoms. The van der Waals surface area contributed by atoms with Crippen molar-refractivity contribution in [2.75, 3.05) is 0 Å². The third kappa shape index (κ3) is 1.94. The molecule has 0 aliphatic carbocycles. The number of carbonyl (C=O) groups excluding carboxylic acids is 1. The molecular formula is C9H10N2O3. The molecular weight excluding hydrogens is 184 g/mol. The number of nitrogens with two attached hydrogens (primary N) is 1. The molecule has 74 valence electrons. The first kappa shape index (κ1) is 10.3. The highest BCUT2D eigenvalue weighted by Gasteiger charge is 2.19. The Balaban J connectivity index is 3.19. The molecule has 5 nitrogen and oxygen atoms in total. The van der Waals surface area contributed by atoms with Crippen LogP contribution in [0, 0.1) is 0 Å². The van der Waals surface area contributed by atoms with Gasteiger partial charge in [-0.25, -0.2) is 9.78 Å². The molecule has 0 radical (unpaired) electrons. The lowest BCUT2D eigenvalue weighted by Crippen LogP contribution is -2.22. The zero-order valence-electron chi connectivity index (χ0n) is 7.60. The average molecular weight is 194 g/mol. The zero-order valence-corrected chi connectivity index (χ0v) is 7.60. The second-order valence-corrected chi connectivity index (χ2v) is 2.83. The van der Waals surface area contributed by atoms with E-state index in [9.17, 15) is 9.59 Å². The Morgan fingerprint density at radius 1 is 1.57 bits per heavy atom. The predicted octanol–water partition coefficient (Wildman–Crippen LogP) is 0.369. The Kier molecular flexibility index (Phi) is 2.93. The number of hydrogen-bond donors (Lipinski definition) is 2. The third-order valence-electron chi connectivity index (χ3n) is 1.81. The molecule has 0 amide bonds. The summed E-state index contributed by atoms with van der Waals surface area (Å²) in [4.78, 5) is 25.3. The van der Waals surface area contributed by atoms with Crippen LogP contribution in [0.15, 0.2) is 18.3 Å². The minimum atomic E-state index is -1.18. The van der Waals surface area contributed by atoms with Crippen LogP contribution in [-0.2, 0) is 4.79 Å². The highest BCUT2D eigenvalue weighted by atomic mass is 16.4. The van der Waals surface area contributed by atoms with Crippen LogP contribution in [0.5, 0.6) is 0 Å². The normalized spacial score (nSPS) is 12.1. The van der Waals surface area contributed by atoms with E-state index >= 15 is 0 Å². The molecule has 5 heteroatoms. The van der Waals surface area contributed by atoms with E-state index in [0.29, 0.717) is 0 Å². The summed E-state index contributed by atoms with van der Waals surface area (Å²) >= 11 is 0. The summed E-state index contributed by atoms with van der Waals surface area (Å²) in [5.41, 5.74) is 5.60. The first-order valence-electron chi connectivity index (χ1n) is 3.98. The van der Waals surface area contributed by atoms with E-state index in [1.54, 1.807) is 6.07 Å². The van der Waals surface area contributed by atoms with E-state index in [-0.39, 0.29) is 17.0 Å². The van der Waals surface area contributed by atoms with E-state index < -0.39 is 12.0 Å². The van der Waals surface area contributed by atoms with E-state index in [2.05, 4.69) is 4.98 Å². The van der Waals surface area contributed by atoms with Crippen molar-refractivity contribution in [1.29, 1.82) is 0 Å². The number of rotatable bonds is 3. The number of pyridine rings is 1. The summed E-state index contributed by atoms with van der Waals surface area (Å²) in [6.45, 7) is 1.31. The zero-order chi connectivity index (χ0) is 10.7. The van der Waals surface area contributed by atoms with Crippen LogP contribution in [0.4, 0.5) is 0 Å². The van der Waals surface area contributed by atoms with Gasteiger partial charge < -0.3 is 10.8 Å². The van der Waals surface area contributed by atoms with Gasteiger partial charge in [0, 0.05) is 11.8 Å². The Morgan fingerprint density at radius 2 is 2.21 bits per heavy atom. The maximum atomic E-state index is 11.0. The molecule has 3 N–H and O–H groups in total. The second kappa shape index (κ2) is 3.97. The summed E-state index contributed by atoms with van der Waals surface area (Å²) < 4.78 is 0. The maximum Gasteiger partial charge on any atom is 0.354 e. The molecule has 14 heavy (non-hydrogen) atoms. The number of carbonyl (C=O) groups is 2. The van der Waals surface area contributed by atoms with Crippen molar-refractivity contribution >= 4 is 11.8 Å². The summed E-state index contributed by atoms with van der Waals surface area (Å²) in [7, 11) is 0. The van der Waals surface area contributed by atoms with Crippen LogP contribution in [-0.4, -0.2) is 21.8 Å². The maximum absolute atomic E-state index is 11.0. The van der Waals surface area contributed by atoms with Gasteiger partial charge in [-0.3, -0.25) is 4.79 Å². The highest BCUT2D eigenvalue weighted by Crippen LogP contribution is 2.14. The lowest BCUT2D eigenvalue weighted by molar-refractivity contribution is -0.118. The predicted molar refractivity (Wildman–Crippen MR) is 48.8 cm³/mol. The first-order valence-corrected chi connectivity index (χ1v) is 3.98. The second-order valence-electron chi connectivity index (χ2n) is 2.83. The number of hydrogen-bond acceptors (Lipinski definition) is 4. The summed E-state index contributed by atoms with van der Waals surface area (Å²) in [6.07, 6.45) is 1.35. The van der Waals surface area contributed by atoms with Gasteiger partial charge in [-0.15, -0.1) is 0 Å². The molecule has 1 aromatic rings. The van der Waals surface area contributed by atoms with Crippen molar-refractivity contribution in [1.82, 2.24) is 4.98 Å². The number of aromatic carboxylic acids is 1. The van der Waals surface area contributed by atoms with Crippen molar-refractivity contribution < 1.29 is 14.7 Å². The molecule has 0 aliphatic rings. The molecule has 1 atom stereocenters. The van der Waals surface area contributed by atoms with Crippen LogP contribution >= 0.6 is 0 Å². The van der Waals surface area contributed by atoms with Crippen LogP contribution < -0.4 is 5.73 Å². The van der Waals surface area contributed by atoms with Crippen molar-refractivity contribution in [3.05, 3.63) is 29.6 Å². The van der Waals surface area contributed by atoms with Crippen molar-refractivity contribution in [3.63, 3.8) is 0 Å². The van der Waals surface area contributed by atoms with Crippen LogP contribution in [0.2, 0.25) is 0 Å². The van der Waals surface area contributed by atoms with Crippen molar-refractivity contribution in [2.24, 2.45) is 5.73 Å². The number of ketones is 1. The topological polar surface area (TPSA) is 93.3 Å². The quantitative estimate of drug-likeness (QED) is 0.725. The van der Waals surface area contributed by atoms with Gasteiger partial charge in [0.1, 0.15) is 0 Å². The fraction of sp³-hybridized carbons (Fsp3) is 0.222. The fourth-order valence-electron chi connectivity index (χ4n) is 1.07. The molecule has 1 aromatic heterocycles. The molecule has 0 aromatic carbocycles. The molecule has 0 spiro atoms. The van der Waals surface area contributed by atoms with E-state index in [4.69, 9.17) is 10.8 Å². The number of nitrogens with zero attached hydrogens (tertiary/aromatic N) is 1. The van der Waals surface area contributed by atoms with Gasteiger partial charge in [0.25, 0.3) is 0 Å². The van der Waals surface area contributed by atoms with Crippen LogP contribution in [0.1, 0.15) is 29.0 Å². The first-order chi connectivity index (χ1) is 6.54. The van der Waals surface area contributed by atoms with E-state index in [1.807, 2.05) is 0 Å². The van der Waals surface area contributed by atoms with E-state index in [1.165, 1.54) is 19.2 Å². The van der Waals surface area contributed by atoms with Crippen molar-refractivity contribution in [3.8, 4) is 0 Å². The summed E-state index contributed by atoms with van der Waals surface area (Å²) in [5, 5.41) is 8.77. The number of aromatic nitrogens is 1. The molecule has 0 saturated carbocycles. The van der Waals surface area contributed by atoms with Crippen molar-refractivity contribution in [2.45, 2.75) is 13.0 Å². The van der Waals surface area contributed by atoms with Gasteiger partial charge in [0.2, 0.25) is 0 Å². The Hall–Kier alpha value is -1.75. The Morgan fingerprint density at radius 3 is 2.71 bits per heavy atom. The highest BCUT2D eigenvalue weighted by molar-refractivity contribution is 5.91. The smallest absolute Gasteiger partial charge is 0.354 e. The molecule has 1 rings (SSSR count). The number of carboxylic acid groups (broad SMARTS) is 1. The largest absolute Gasteiger partial charge is 0.477 e. The van der Waals surface area contributed by atoms with E-state index in [0.717, 1.165) is 0 Å². The minimum absolute atomic E-state index is 0.171.